The van der Waals surface area contributed by atoms with Crippen molar-refractivity contribution >= 4 is 16.9 Å². The number of rotatable bonds is 4. The zero-order valence-corrected chi connectivity index (χ0v) is 10.7. The third-order valence-electron chi connectivity index (χ3n) is 3.08. The van der Waals surface area contributed by atoms with Gasteiger partial charge in [0.05, 0.1) is 12.7 Å². The van der Waals surface area contributed by atoms with Crippen LogP contribution in [0.3, 0.4) is 0 Å². The van der Waals surface area contributed by atoms with E-state index in [2.05, 4.69) is 10.3 Å². The summed E-state index contributed by atoms with van der Waals surface area (Å²) in [5.41, 5.74) is 0. The molecule has 0 aromatic heterocycles. The maximum Gasteiger partial charge on any atom is 0.156 e. The summed E-state index contributed by atoms with van der Waals surface area (Å²) in [4.78, 5) is 4.43. The van der Waals surface area contributed by atoms with Crippen molar-refractivity contribution in [3.05, 3.63) is 0 Å². The summed E-state index contributed by atoms with van der Waals surface area (Å²) in [6, 6.07) is 0. The molecule has 1 fully saturated rings. The molecule has 1 N–H and O–H groups in total. The molecule has 0 amide bonds. The van der Waals surface area contributed by atoms with Gasteiger partial charge >= 0.3 is 0 Å². The van der Waals surface area contributed by atoms with E-state index in [1.54, 1.807) is 0 Å². The summed E-state index contributed by atoms with van der Waals surface area (Å²) < 4.78 is 5.85. The molecule has 0 aromatic rings. The summed E-state index contributed by atoms with van der Waals surface area (Å²) in [5, 5.41) is 4.46. The van der Waals surface area contributed by atoms with E-state index in [1.807, 2.05) is 11.8 Å². The Bertz CT molecular complexity index is 227. The van der Waals surface area contributed by atoms with Gasteiger partial charge in [0.2, 0.25) is 0 Å². The molecule has 3 nitrogen and oxygen atoms in total. The van der Waals surface area contributed by atoms with Gasteiger partial charge in [0.25, 0.3) is 0 Å². The Balaban J connectivity index is 1.52. The topological polar surface area (TPSA) is 33.6 Å². The molecule has 1 saturated carbocycles. The second kappa shape index (κ2) is 7.17. The normalized spacial score (nSPS) is 22.9. The van der Waals surface area contributed by atoms with Crippen molar-refractivity contribution in [2.45, 2.75) is 44.6 Å². The molecule has 0 unspecified atom stereocenters. The lowest BCUT2D eigenvalue weighted by Crippen LogP contribution is -2.29. The highest BCUT2D eigenvalue weighted by Gasteiger charge is 2.13. The van der Waals surface area contributed by atoms with E-state index in [0.29, 0.717) is 6.10 Å². The molecule has 0 spiro atoms. The molecule has 0 aromatic carbocycles. The SMILES string of the molecule is C1CCC(OCCNC2=NCCCS2)CC1. The van der Waals surface area contributed by atoms with E-state index < -0.39 is 0 Å². The Morgan fingerprint density at radius 3 is 2.88 bits per heavy atom. The largest absolute Gasteiger partial charge is 0.376 e. The highest BCUT2D eigenvalue weighted by molar-refractivity contribution is 8.13. The first-order valence-electron chi connectivity index (χ1n) is 6.48. The Hall–Kier alpha value is -0.220. The molecular weight excluding hydrogens is 220 g/mol. The number of nitrogens with one attached hydrogen (secondary N) is 1. The number of amidine groups is 1. The van der Waals surface area contributed by atoms with Gasteiger partial charge in [-0.1, -0.05) is 31.0 Å². The van der Waals surface area contributed by atoms with Gasteiger partial charge in [0, 0.05) is 18.8 Å². The molecular formula is C12H22N2OS. The molecule has 92 valence electrons. The summed E-state index contributed by atoms with van der Waals surface area (Å²) in [6.45, 7) is 2.71. The van der Waals surface area contributed by atoms with Crippen LogP contribution in [0.4, 0.5) is 0 Å². The van der Waals surface area contributed by atoms with E-state index in [4.69, 9.17) is 4.74 Å². The first kappa shape index (κ1) is 12.2. The van der Waals surface area contributed by atoms with Gasteiger partial charge < -0.3 is 10.1 Å². The van der Waals surface area contributed by atoms with Gasteiger partial charge in [0.1, 0.15) is 0 Å². The van der Waals surface area contributed by atoms with Gasteiger partial charge in [-0.25, -0.2) is 0 Å². The fourth-order valence-corrected chi connectivity index (χ4v) is 3.04. The van der Waals surface area contributed by atoms with Gasteiger partial charge in [-0.05, 0) is 19.3 Å². The van der Waals surface area contributed by atoms with Crippen molar-refractivity contribution in [2.75, 3.05) is 25.4 Å². The third kappa shape index (κ3) is 4.34. The van der Waals surface area contributed by atoms with E-state index in [9.17, 15) is 0 Å². The molecule has 0 radical (unpaired) electrons. The number of ether oxygens (including phenoxy) is 1. The average Bonchev–Trinajstić information content (AvgIpc) is 2.37. The first-order chi connectivity index (χ1) is 7.95. The van der Waals surface area contributed by atoms with Crippen LogP contribution in [-0.2, 0) is 4.74 Å². The van der Waals surface area contributed by atoms with E-state index in [-0.39, 0.29) is 0 Å². The minimum Gasteiger partial charge on any atom is -0.376 e. The van der Waals surface area contributed by atoms with Gasteiger partial charge in [-0.15, -0.1) is 0 Å². The van der Waals surface area contributed by atoms with Crippen molar-refractivity contribution in [2.24, 2.45) is 4.99 Å². The zero-order valence-electron chi connectivity index (χ0n) is 9.91. The molecule has 1 heterocycles. The van der Waals surface area contributed by atoms with Crippen LogP contribution >= 0.6 is 11.8 Å². The molecule has 1 aliphatic carbocycles. The Labute approximate surface area is 102 Å². The number of hydrogen-bond acceptors (Lipinski definition) is 4. The number of thioether (sulfide) groups is 1. The molecule has 0 atom stereocenters. The van der Waals surface area contributed by atoms with Crippen LogP contribution in [0.25, 0.3) is 0 Å². The van der Waals surface area contributed by atoms with Gasteiger partial charge in [-0.2, -0.15) is 0 Å². The van der Waals surface area contributed by atoms with Crippen molar-refractivity contribution in [1.82, 2.24) is 5.32 Å². The lowest BCUT2D eigenvalue weighted by Gasteiger charge is -2.22. The quantitative estimate of drug-likeness (QED) is 0.769. The first-order valence-corrected chi connectivity index (χ1v) is 7.46. The zero-order chi connectivity index (χ0) is 11.1. The molecule has 4 heteroatoms. The van der Waals surface area contributed by atoms with E-state index in [1.165, 1.54) is 44.3 Å². The van der Waals surface area contributed by atoms with Crippen LogP contribution in [-0.4, -0.2) is 36.7 Å². The lowest BCUT2D eigenvalue weighted by atomic mass is 9.98. The van der Waals surface area contributed by atoms with Crippen LogP contribution in [0.2, 0.25) is 0 Å². The average molecular weight is 242 g/mol. The summed E-state index contributed by atoms with van der Waals surface area (Å²) in [5.74, 6) is 1.20. The minimum atomic E-state index is 0.525. The number of hydrogen-bond donors (Lipinski definition) is 1. The summed E-state index contributed by atoms with van der Waals surface area (Å²) in [7, 11) is 0. The highest BCUT2D eigenvalue weighted by atomic mass is 32.2. The van der Waals surface area contributed by atoms with Crippen molar-refractivity contribution < 1.29 is 4.74 Å². The van der Waals surface area contributed by atoms with Crippen LogP contribution in [0, 0.1) is 0 Å². The maximum absolute atomic E-state index is 5.85. The summed E-state index contributed by atoms with van der Waals surface area (Å²) >= 11 is 1.83. The number of nitrogens with zero attached hydrogens (tertiary/aromatic N) is 1. The predicted molar refractivity (Wildman–Crippen MR) is 70.2 cm³/mol. The molecule has 0 saturated heterocycles. The Morgan fingerprint density at radius 1 is 1.25 bits per heavy atom. The number of aliphatic imine (C=N–C) groups is 1. The van der Waals surface area contributed by atoms with Crippen LogP contribution < -0.4 is 5.32 Å². The Morgan fingerprint density at radius 2 is 2.12 bits per heavy atom. The van der Waals surface area contributed by atoms with E-state index in [0.717, 1.165) is 24.9 Å². The lowest BCUT2D eigenvalue weighted by molar-refractivity contribution is 0.0319. The maximum atomic E-state index is 5.85. The summed E-state index contributed by atoms with van der Waals surface area (Å²) in [6.07, 6.45) is 8.35. The highest BCUT2D eigenvalue weighted by Crippen LogP contribution is 2.19. The van der Waals surface area contributed by atoms with Gasteiger partial charge in [0.15, 0.2) is 5.17 Å². The smallest absolute Gasteiger partial charge is 0.156 e. The monoisotopic (exact) mass is 242 g/mol. The second-order valence-electron chi connectivity index (χ2n) is 4.45. The third-order valence-corrected chi connectivity index (χ3v) is 4.12. The van der Waals surface area contributed by atoms with Crippen molar-refractivity contribution in [1.29, 1.82) is 0 Å². The standard InChI is InChI=1S/C12H22N2OS/c1-2-5-11(6-3-1)15-9-8-14-12-13-7-4-10-16-12/h11H,1-10H2,(H,13,14). The van der Waals surface area contributed by atoms with Crippen molar-refractivity contribution in [3.8, 4) is 0 Å². The Kier molecular flexibility index (Phi) is 5.49. The van der Waals surface area contributed by atoms with Gasteiger partial charge in [-0.3, -0.25) is 4.99 Å². The minimum absolute atomic E-state index is 0.525. The van der Waals surface area contributed by atoms with Crippen molar-refractivity contribution in [3.63, 3.8) is 0 Å². The second-order valence-corrected chi connectivity index (χ2v) is 5.53. The van der Waals surface area contributed by atoms with Crippen LogP contribution in [0.5, 0.6) is 0 Å². The van der Waals surface area contributed by atoms with E-state index >= 15 is 0 Å². The molecule has 2 aliphatic rings. The predicted octanol–water partition coefficient (Wildman–Crippen LogP) is 2.42. The fourth-order valence-electron chi connectivity index (χ4n) is 2.18. The fraction of sp³-hybridized carbons (Fsp3) is 0.917. The molecule has 1 aliphatic heterocycles. The van der Waals surface area contributed by atoms with Crippen LogP contribution in [0.1, 0.15) is 38.5 Å². The molecule has 2 rings (SSSR count). The van der Waals surface area contributed by atoms with Crippen LogP contribution in [0.15, 0.2) is 4.99 Å². The molecule has 0 bridgehead atoms. The molecule has 16 heavy (non-hydrogen) atoms.